The molecule has 88 valence electrons. The zero-order chi connectivity index (χ0) is 12.3. The molecular formula is C10H14ClN3O2. The number of hydrogen-bond donors (Lipinski definition) is 1. The number of rotatable bonds is 4. The van der Waals surface area contributed by atoms with Gasteiger partial charge in [0.05, 0.1) is 11.7 Å². The predicted octanol–water partition coefficient (Wildman–Crippen LogP) is 1.07. The number of hydrogen-bond acceptors (Lipinski definition) is 5. The SMILES string of the molecule is Cc1nc(Cl)c(C=O)c(N(C)CC(C)O)n1. The molecule has 1 rings (SSSR count). The average molecular weight is 244 g/mol. The molecule has 0 aliphatic carbocycles. The first-order chi connectivity index (χ1) is 7.45. The molecule has 1 aromatic heterocycles. The summed E-state index contributed by atoms with van der Waals surface area (Å²) >= 11 is 5.84. The molecule has 0 aromatic carbocycles. The Bertz CT molecular complexity index is 396. The van der Waals surface area contributed by atoms with Crippen LogP contribution in [0.4, 0.5) is 5.82 Å². The van der Waals surface area contributed by atoms with Crippen molar-refractivity contribution >= 4 is 23.7 Å². The molecule has 0 fully saturated rings. The molecule has 0 spiro atoms. The number of anilines is 1. The van der Waals surface area contributed by atoms with Crippen molar-refractivity contribution in [3.8, 4) is 0 Å². The van der Waals surface area contributed by atoms with Crippen LogP contribution in [0.25, 0.3) is 0 Å². The van der Waals surface area contributed by atoms with Gasteiger partial charge in [0.25, 0.3) is 0 Å². The van der Waals surface area contributed by atoms with Gasteiger partial charge in [0, 0.05) is 13.6 Å². The topological polar surface area (TPSA) is 66.3 Å². The van der Waals surface area contributed by atoms with Gasteiger partial charge in [-0.15, -0.1) is 0 Å². The molecule has 0 saturated heterocycles. The maximum atomic E-state index is 10.9. The highest BCUT2D eigenvalue weighted by atomic mass is 35.5. The lowest BCUT2D eigenvalue weighted by atomic mass is 10.3. The highest BCUT2D eigenvalue weighted by Gasteiger charge is 2.15. The van der Waals surface area contributed by atoms with Crippen molar-refractivity contribution in [2.75, 3.05) is 18.5 Å². The van der Waals surface area contributed by atoms with E-state index in [0.29, 0.717) is 24.5 Å². The Morgan fingerprint density at radius 1 is 1.56 bits per heavy atom. The van der Waals surface area contributed by atoms with Gasteiger partial charge in [0.2, 0.25) is 0 Å². The average Bonchev–Trinajstić information content (AvgIpc) is 2.15. The largest absolute Gasteiger partial charge is 0.392 e. The third kappa shape index (κ3) is 2.90. The van der Waals surface area contributed by atoms with Gasteiger partial charge < -0.3 is 10.0 Å². The van der Waals surface area contributed by atoms with Crippen LogP contribution < -0.4 is 4.90 Å². The van der Waals surface area contributed by atoms with E-state index in [1.807, 2.05) is 0 Å². The summed E-state index contributed by atoms with van der Waals surface area (Å²) in [5, 5.41) is 9.41. The Labute approximate surface area is 99.1 Å². The van der Waals surface area contributed by atoms with Gasteiger partial charge >= 0.3 is 0 Å². The number of aldehydes is 1. The summed E-state index contributed by atoms with van der Waals surface area (Å²) in [5.41, 5.74) is 0.246. The number of aliphatic hydroxyl groups is 1. The Morgan fingerprint density at radius 2 is 2.19 bits per heavy atom. The number of halogens is 1. The molecule has 0 aliphatic rings. The quantitative estimate of drug-likeness (QED) is 0.633. The molecule has 0 radical (unpaired) electrons. The van der Waals surface area contributed by atoms with Gasteiger partial charge in [-0.25, -0.2) is 9.97 Å². The van der Waals surface area contributed by atoms with Crippen molar-refractivity contribution in [1.29, 1.82) is 0 Å². The molecule has 0 saturated carbocycles. The van der Waals surface area contributed by atoms with E-state index in [2.05, 4.69) is 9.97 Å². The molecule has 0 bridgehead atoms. The van der Waals surface area contributed by atoms with E-state index in [1.165, 1.54) is 0 Å². The minimum absolute atomic E-state index is 0.134. The van der Waals surface area contributed by atoms with Gasteiger partial charge in [-0.2, -0.15) is 0 Å². The second-order valence-corrected chi connectivity index (χ2v) is 4.00. The van der Waals surface area contributed by atoms with Crippen molar-refractivity contribution in [3.63, 3.8) is 0 Å². The predicted molar refractivity (Wildman–Crippen MR) is 62.1 cm³/mol. The summed E-state index contributed by atoms with van der Waals surface area (Å²) < 4.78 is 0. The molecule has 0 amide bonds. The molecule has 1 unspecified atom stereocenters. The maximum Gasteiger partial charge on any atom is 0.156 e. The summed E-state index contributed by atoms with van der Waals surface area (Å²) in [4.78, 5) is 20.6. The number of aliphatic hydroxyl groups excluding tert-OH is 1. The molecular weight excluding hydrogens is 230 g/mol. The van der Waals surface area contributed by atoms with Crippen LogP contribution in [0.15, 0.2) is 0 Å². The summed E-state index contributed by atoms with van der Waals surface area (Å²) in [6, 6.07) is 0. The lowest BCUT2D eigenvalue weighted by Crippen LogP contribution is -2.29. The van der Waals surface area contributed by atoms with Crippen molar-refractivity contribution in [1.82, 2.24) is 9.97 Å². The molecule has 1 N–H and O–H groups in total. The van der Waals surface area contributed by atoms with E-state index in [0.717, 1.165) is 0 Å². The van der Waals surface area contributed by atoms with E-state index in [4.69, 9.17) is 11.6 Å². The van der Waals surface area contributed by atoms with E-state index in [1.54, 1.807) is 25.8 Å². The van der Waals surface area contributed by atoms with Crippen LogP contribution in [0.2, 0.25) is 5.15 Å². The molecule has 6 heteroatoms. The van der Waals surface area contributed by atoms with Gasteiger partial charge in [0.15, 0.2) is 6.29 Å². The van der Waals surface area contributed by atoms with Gasteiger partial charge in [-0.05, 0) is 13.8 Å². The number of nitrogens with zero attached hydrogens (tertiary/aromatic N) is 3. The highest BCUT2D eigenvalue weighted by molar-refractivity contribution is 6.32. The minimum Gasteiger partial charge on any atom is -0.392 e. The lowest BCUT2D eigenvalue weighted by Gasteiger charge is -2.21. The number of likely N-dealkylation sites (N-methyl/N-ethyl adjacent to an activating group) is 1. The van der Waals surface area contributed by atoms with Crippen LogP contribution in [0.3, 0.4) is 0 Å². The first kappa shape index (κ1) is 12.9. The van der Waals surface area contributed by atoms with Crippen molar-refractivity contribution in [3.05, 3.63) is 16.5 Å². The Balaban J connectivity index is 3.15. The Morgan fingerprint density at radius 3 is 2.69 bits per heavy atom. The normalized spacial score (nSPS) is 12.3. The van der Waals surface area contributed by atoms with Gasteiger partial charge in [-0.3, -0.25) is 4.79 Å². The summed E-state index contributed by atoms with van der Waals surface area (Å²) in [5.74, 6) is 0.927. The fourth-order valence-electron chi connectivity index (χ4n) is 1.41. The number of carbonyl (C=O) groups is 1. The molecule has 1 atom stereocenters. The van der Waals surface area contributed by atoms with E-state index < -0.39 is 6.10 Å². The van der Waals surface area contributed by atoms with Crippen LogP contribution in [0.5, 0.6) is 0 Å². The first-order valence-electron chi connectivity index (χ1n) is 4.84. The Hall–Kier alpha value is -1.20. The molecule has 16 heavy (non-hydrogen) atoms. The smallest absolute Gasteiger partial charge is 0.156 e. The summed E-state index contributed by atoms with van der Waals surface area (Å²) in [7, 11) is 1.73. The fraction of sp³-hybridized carbons (Fsp3) is 0.500. The van der Waals surface area contributed by atoms with Crippen LogP contribution in [-0.4, -0.2) is 41.1 Å². The standard InChI is InChI=1S/C10H14ClN3O2/c1-6(16)4-14(3)10-8(5-15)9(11)12-7(2)13-10/h5-6,16H,4H2,1-3H3. The van der Waals surface area contributed by atoms with E-state index >= 15 is 0 Å². The third-order valence-corrected chi connectivity index (χ3v) is 2.30. The van der Waals surface area contributed by atoms with Crippen LogP contribution in [0, 0.1) is 6.92 Å². The van der Waals surface area contributed by atoms with Crippen molar-refractivity contribution < 1.29 is 9.90 Å². The molecule has 0 aliphatic heterocycles. The van der Waals surface area contributed by atoms with Crippen molar-refractivity contribution in [2.45, 2.75) is 20.0 Å². The van der Waals surface area contributed by atoms with Gasteiger partial charge in [0.1, 0.15) is 16.8 Å². The number of carbonyl (C=O) groups excluding carboxylic acids is 1. The highest BCUT2D eigenvalue weighted by Crippen LogP contribution is 2.21. The molecule has 1 heterocycles. The third-order valence-electron chi connectivity index (χ3n) is 2.01. The molecule has 1 aromatic rings. The first-order valence-corrected chi connectivity index (χ1v) is 5.22. The van der Waals surface area contributed by atoms with Crippen LogP contribution >= 0.6 is 11.6 Å². The number of aromatic nitrogens is 2. The van der Waals surface area contributed by atoms with Gasteiger partial charge in [-0.1, -0.05) is 11.6 Å². The Kier molecular flexibility index (Phi) is 4.20. The lowest BCUT2D eigenvalue weighted by molar-refractivity contribution is 0.112. The van der Waals surface area contributed by atoms with E-state index in [9.17, 15) is 9.90 Å². The zero-order valence-corrected chi connectivity index (χ0v) is 10.2. The fourth-order valence-corrected chi connectivity index (χ4v) is 1.66. The second kappa shape index (κ2) is 5.23. The van der Waals surface area contributed by atoms with Crippen LogP contribution in [-0.2, 0) is 0 Å². The molecule has 5 nitrogen and oxygen atoms in total. The van der Waals surface area contributed by atoms with Crippen LogP contribution in [0.1, 0.15) is 23.1 Å². The minimum atomic E-state index is -0.515. The zero-order valence-electron chi connectivity index (χ0n) is 9.44. The summed E-state index contributed by atoms with van der Waals surface area (Å²) in [6.07, 6.45) is 0.105. The summed E-state index contributed by atoms with van der Waals surface area (Å²) in [6.45, 7) is 3.72. The monoisotopic (exact) mass is 243 g/mol. The number of aryl methyl sites for hydroxylation is 1. The maximum absolute atomic E-state index is 10.9. The second-order valence-electron chi connectivity index (χ2n) is 3.65. The van der Waals surface area contributed by atoms with Crippen molar-refractivity contribution in [2.24, 2.45) is 0 Å². The van der Waals surface area contributed by atoms with E-state index in [-0.39, 0.29) is 10.7 Å².